The van der Waals surface area contributed by atoms with Crippen LogP contribution in [0.25, 0.3) is 0 Å². The Bertz CT molecular complexity index is 202. The van der Waals surface area contributed by atoms with E-state index in [0.29, 0.717) is 18.9 Å². The van der Waals surface area contributed by atoms with Crippen molar-refractivity contribution in [2.75, 3.05) is 21.3 Å². The van der Waals surface area contributed by atoms with Crippen molar-refractivity contribution < 1.29 is 23.2 Å². The molecule has 1 amide bonds. The third kappa shape index (κ3) is 5.04. The van der Waals surface area contributed by atoms with Crippen LogP contribution in [0.5, 0.6) is 0 Å². The van der Waals surface area contributed by atoms with E-state index in [2.05, 4.69) is 0 Å². The third-order valence-corrected chi connectivity index (χ3v) is 5.30. The summed E-state index contributed by atoms with van der Waals surface area (Å²) in [6, 6.07) is 0.655. The molecular formula is C9H21NO5Si. The predicted octanol–water partition coefficient (Wildman–Crippen LogP) is -0.119. The van der Waals surface area contributed by atoms with Gasteiger partial charge in [0.2, 0.25) is 5.91 Å². The predicted molar refractivity (Wildman–Crippen MR) is 60.6 cm³/mol. The summed E-state index contributed by atoms with van der Waals surface area (Å²) in [5, 5.41) is 9.17. The van der Waals surface area contributed by atoms with Crippen LogP contribution >= 0.6 is 0 Å². The molecule has 0 heterocycles. The number of primary amides is 1. The molecule has 0 saturated heterocycles. The van der Waals surface area contributed by atoms with Gasteiger partial charge < -0.3 is 24.1 Å². The molecule has 1 atom stereocenters. The first-order valence-corrected chi connectivity index (χ1v) is 7.07. The summed E-state index contributed by atoms with van der Waals surface area (Å²) in [5.74, 6) is -0.686. The summed E-state index contributed by atoms with van der Waals surface area (Å²) in [5.41, 5.74) is 4.93. The highest BCUT2D eigenvalue weighted by Crippen LogP contribution is 2.17. The molecule has 6 nitrogen and oxygen atoms in total. The van der Waals surface area contributed by atoms with E-state index in [1.807, 2.05) is 0 Å². The van der Waals surface area contributed by atoms with E-state index in [1.165, 1.54) is 0 Å². The highest BCUT2D eigenvalue weighted by molar-refractivity contribution is 6.60. The van der Waals surface area contributed by atoms with Crippen LogP contribution in [-0.2, 0) is 18.1 Å². The Morgan fingerprint density at radius 3 is 2.12 bits per heavy atom. The zero-order chi connectivity index (χ0) is 12.6. The van der Waals surface area contributed by atoms with Gasteiger partial charge in [-0.25, -0.2) is 0 Å². The second kappa shape index (κ2) is 7.74. The van der Waals surface area contributed by atoms with Crippen molar-refractivity contribution in [1.82, 2.24) is 0 Å². The van der Waals surface area contributed by atoms with Gasteiger partial charge in [0, 0.05) is 27.4 Å². The molecule has 3 N–H and O–H groups in total. The summed E-state index contributed by atoms with van der Waals surface area (Å²) >= 11 is 0. The van der Waals surface area contributed by atoms with Gasteiger partial charge in [0.15, 0.2) is 0 Å². The Morgan fingerprint density at radius 1 is 1.25 bits per heavy atom. The first kappa shape index (κ1) is 15.5. The van der Waals surface area contributed by atoms with Gasteiger partial charge in [-0.2, -0.15) is 0 Å². The monoisotopic (exact) mass is 251 g/mol. The number of carbonyl (C=O) groups is 1. The lowest BCUT2D eigenvalue weighted by Crippen LogP contribution is -2.42. The molecular weight excluding hydrogens is 230 g/mol. The lowest BCUT2D eigenvalue weighted by atomic mass is 10.1. The summed E-state index contributed by atoms with van der Waals surface area (Å²) in [4.78, 5) is 10.6. The molecule has 0 aliphatic carbocycles. The number of aliphatic hydroxyl groups is 1. The van der Waals surface area contributed by atoms with E-state index in [1.54, 1.807) is 21.3 Å². The van der Waals surface area contributed by atoms with E-state index in [0.717, 1.165) is 6.42 Å². The Kier molecular flexibility index (Phi) is 7.51. The van der Waals surface area contributed by atoms with Crippen LogP contribution in [0.2, 0.25) is 6.04 Å². The van der Waals surface area contributed by atoms with Crippen LogP contribution in [0.3, 0.4) is 0 Å². The molecule has 0 fully saturated rings. The molecule has 16 heavy (non-hydrogen) atoms. The average Bonchev–Trinajstić information content (AvgIpc) is 2.30. The summed E-state index contributed by atoms with van der Waals surface area (Å²) in [6.07, 6.45) is 0.724. The summed E-state index contributed by atoms with van der Waals surface area (Å²) in [7, 11) is 2.14. The topological polar surface area (TPSA) is 91.0 Å². The van der Waals surface area contributed by atoms with E-state index in [4.69, 9.17) is 19.0 Å². The van der Waals surface area contributed by atoms with Crippen molar-refractivity contribution in [2.45, 2.75) is 31.4 Å². The Labute approximate surface area is 97.0 Å². The first-order chi connectivity index (χ1) is 7.51. The van der Waals surface area contributed by atoms with Gasteiger partial charge >= 0.3 is 8.80 Å². The molecule has 0 aliphatic heterocycles. The van der Waals surface area contributed by atoms with Crippen molar-refractivity contribution in [3.05, 3.63) is 0 Å². The standard InChI is InChI=1S/C9H21NO5Si/c1-13-16(14-2,15-3)7-5-4-6-8(11)9(10)12/h8,11H,4-7H2,1-3H3,(H2,10,12). The molecule has 0 aromatic heterocycles. The maximum Gasteiger partial charge on any atom is 0.500 e. The first-order valence-electron chi connectivity index (χ1n) is 5.14. The molecule has 0 aromatic rings. The van der Waals surface area contributed by atoms with Crippen molar-refractivity contribution in [2.24, 2.45) is 5.73 Å². The minimum Gasteiger partial charge on any atom is -0.383 e. The molecule has 96 valence electrons. The minimum atomic E-state index is -2.51. The van der Waals surface area contributed by atoms with Crippen molar-refractivity contribution in [1.29, 1.82) is 0 Å². The molecule has 7 heteroatoms. The normalized spacial score (nSPS) is 13.8. The van der Waals surface area contributed by atoms with Gasteiger partial charge in [0.25, 0.3) is 0 Å². The maximum atomic E-state index is 10.6. The van der Waals surface area contributed by atoms with E-state index in [9.17, 15) is 9.90 Å². The molecule has 0 spiro atoms. The van der Waals surface area contributed by atoms with Crippen LogP contribution in [0.4, 0.5) is 0 Å². The number of hydrogen-bond acceptors (Lipinski definition) is 5. The third-order valence-electron chi connectivity index (χ3n) is 2.47. The van der Waals surface area contributed by atoms with Gasteiger partial charge in [0.1, 0.15) is 6.10 Å². The van der Waals surface area contributed by atoms with Crippen LogP contribution < -0.4 is 5.73 Å². The lowest BCUT2D eigenvalue weighted by Gasteiger charge is -2.24. The molecule has 1 unspecified atom stereocenters. The number of rotatable bonds is 9. The largest absolute Gasteiger partial charge is 0.500 e. The van der Waals surface area contributed by atoms with Gasteiger partial charge in [-0.3, -0.25) is 4.79 Å². The van der Waals surface area contributed by atoms with Crippen molar-refractivity contribution in [3.63, 3.8) is 0 Å². The molecule has 0 aromatic carbocycles. The number of amides is 1. The Hall–Kier alpha value is -0.473. The number of unbranched alkanes of at least 4 members (excludes halogenated alkanes) is 1. The lowest BCUT2D eigenvalue weighted by molar-refractivity contribution is -0.126. The zero-order valence-electron chi connectivity index (χ0n) is 10.1. The Balaban J connectivity index is 3.83. The van der Waals surface area contributed by atoms with Crippen LogP contribution in [0, 0.1) is 0 Å². The van der Waals surface area contributed by atoms with Crippen LogP contribution in [0.1, 0.15) is 19.3 Å². The van der Waals surface area contributed by atoms with Gasteiger partial charge in [0.05, 0.1) is 0 Å². The fraction of sp³-hybridized carbons (Fsp3) is 0.889. The van der Waals surface area contributed by atoms with Crippen molar-refractivity contribution >= 4 is 14.7 Å². The fourth-order valence-corrected chi connectivity index (χ4v) is 3.17. The average molecular weight is 251 g/mol. The van der Waals surface area contributed by atoms with E-state index >= 15 is 0 Å². The zero-order valence-corrected chi connectivity index (χ0v) is 11.1. The number of aliphatic hydroxyl groups excluding tert-OH is 1. The fourth-order valence-electron chi connectivity index (χ4n) is 1.38. The molecule has 0 aliphatic rings. The molecule has 0 saturated carbocycles. The summed E-state index contributed by atoms with van der Waals surface area (Å²) < 4.78 is 15.7. The second-order valence-corrected chi connectivity index (χ2v) is 6.55. The highest BCUT2D eigenvalue weighted by Gasteiger charge is 2.36. The minimum absolute atomic E-state index is 0.358. The molecule has 0 radical (unpaired) electrons. The maximum absolute atomic E-state index is 10.6. The smallest absolute Gasteiger partial charge is 0.383 e. The number of nitrogens with two attached hydrogens (primary N) is 1. The highest BCUT2D eigenvalue weighted by atomic mass is 28.4. The summed E-state index contributed by atoms with van der Waals surface area (Å²) in [6.45, 7) is 0. The van der Waals surface area contributed by atoms with E-state index in [-0.39, 0.29) is 0 Å². The van der Waals surface area contributed by atoms with Crippen LogP contribution in [0.15, 0.2) is 0 Å². The SMILES string of the molecule is CO[Si](CCCCC(O)C(N)=O)(OC)OC. The van der Waals surface area contributed by atoms with E-state index < -0.39 is 20.8 Å². The molecule has 0 rings (SSSR count). The van der Waals surface area contributed by atoms with Crippen molar-refractivity contribution in [3.8, 4) is 0 Å². The quantitative estimate of drug-likeness (QED) is 0.440. The number of hydrogen-bond donors (Lipinski definition) is 2. The second-order valence-electron chi connectivity index (χ2n) is 3.46. The van der Waals surface area contributed by atoms with Gasteiger partial charge in [-0.05, 0) is 12.8 Å². The molecule has 0 bridgehead atoms. The Morgan fingerprint density at radius 2 is 1.75 bits per heavy atom. The van der Waals surface area contributed by atoms with Gasteiger partial charge in [-0.15, -0.1) is 0 Å². The van der Waals surface area contributed by atoms with Gasteiger partial charge in [-0.1, -0.05) is 6.42 Å². The van der Waals surface area contributed by atoms with Crippen LogP contribution in [-0.4, -0.2) is 47.3 Å². The number of carbonyl (C=O) groups excluding carboxylic acids is 1.